The SMILES string of the molecule is CC(C)(C)c1ccc(C(=O)O)cc1[N+](=O)[O-].c1ccccc1. The van der Waals surface area contributed by atoms with Gasteiger partial charge in [-0.15, -0.1) is 0 Å². The van der Waals surface area contributed by atoms with Crippen molar-refractivity contribution in [2.75, 3.05) is 0 Å². The van der Waals surface area contributed by atoms with E-state index in [9.17, 15) is 14.9 Å². The zero-order valence-corrected chi connectivity index (χ0v) is 12.8. The van der Waals surface area contributed by atoms with Gasteiger partial charge in [0.05, 0.1) is 10.5 Å². The number of hydrogen-bond acceptors (Lipinski definition) is 3. The Morgan fingerprint density at radius 3 is 1.82 bits per heavy atom. The maximum atomic E-state index is 10.9. The molecule has 2 aromatic carbocycles. The lowest BCUT2D eigenvalue weighted by molar-refractivity contribution is -0.386. The number of carboxylic acid groups (broad SMARTS) is 1. The van der Waals surface area contributed by atoms with E-state index >= 15 is 0 Å². The van der Waals surface area contributed by atoms with E-state index in [4.69, 9.17) is 5.11 Å². The molecule has 0 heterocycles. The lowest BCUT2D eigenvalue weighted by Gasteiger charge is -2.18. The molecule has 0 bridgehead atoms. The Bertz CT molecular complexity index is 619. The van der Waals surface area contributed by atoms with Gasteiger partial charge >= 0.3 is 5.97 Å². The normalized spacial score (nSPS) is 10.3. The van der Waals surface area contributed by atoms with E-state index in [1.54, 1.807) is 0 Å². The topological polar surface area (TPSA) is 80.4 Å². The van der Waals surface area contributed by atoms with Crippen molar-refractivity contribution in [1.29, 1.82) is 0 Å². The summed E-state index contributed by atoms with van der Waals surface area (Å²) in [5.74, 6) is -1.16. The number of benzene rings is 2. The van der Waals surface area contributed by atoms with Crippen LogP contribution in [0.15, 0.2) is 54.6 Å². The Hall–Kier alpha value is -2.69. The highest BCUT2D eigenvalue weighted by molar-refractivity contribution is 5.88. The van der Waals surface area contributed by atoms with Crippen molar-refractivity contribution in [2.24, 2.45) is 0 Å². The van der Waals surface area contributed by atoms with Crippen LogP contribution in [0.3, 0.4) is 0 Å². The summed E-state index contributed by atoms with van der Waals surface area (Å²) in [5, 5.41) is 19.6. The van der Waals surface area contributed by atoms with Crippen LogP contribution in [-0.4, -0.2) is 16.0 Å². The molecule has 0 aliphatic rings. The molecule has 0 spiro atoms. The summed E-state index contributed by atoms with van der Waals surface area (Å²) in [6.45, 7) is 5.53. The number of nitro benzene ring substituents is 1. The molecular formula is C17H19NO4. The van der Waals surface area contributed by atoms with Crippen LogP contribution in [0.5, 0.6) is 0 Å². The molecule has 22 heavy (non-hydrogen) atoms. The third-order valence-corrected chi connectivity index (χ3v) is 2.92. The van der Waals surface area contributed by atoms with Crippen LogP contribution in [0, 0.1) is 10.1 Å². The minimum absolute atomic E-state index is 0.0697. The van der Waals surface area contributed by atoms with Crippen LogP contribution in [0.4, 0.5) is 5.69 Å². The fourth-order valence-corrected chi connectivity index (χ4v) is 1.83. The molecule has 0 aliphatic carbocycles. The van der Waals surface area contributed by atoms with Gasteiger partial charge in [0.25, 0.3) is 5.69 Å². The van der Waals surface area contributed by atoms with Crippen molar-refractivity contribution < 1.29 is 14.8 Å². The summed E-state index contributed by atoms with van der Waals surface area (Å²) in [7, 11) is 0. The highest BCUT2D eigenvalue weighted by atomic mass is 16.6. The van der Waals surface area contributed by atoms with Crippen molar-refractivity contribution >= 4 is 11.7 Å². The zero-order chi connectivity index (χ0) is 16.8. The Kier molecular flexibility index (Phi) is 5.81. The number of nitrogens with zero attached hydrogens (tertiary/aromatic N) is 1. The molecule has 5 heteroatoms. The molecule has 2 rings (SSSR count). The molecule has 0 saturated carbocycles. The van der Waals surface area contributed by atoms with Gasteiger partial charge in [-0.3, -0.25) is 10.1 Å². The van der Waals surface area contributed by atoms with Crippen molar-refractivity contribution in [3.05, 3.63) is 75.8 Å². The van der Waals surface area contributed by atoms with E-state index in [0.717, 1.165) is 6.07 Å². The van der Waals surface area contributed by atoms with Gasteiger partial charge in [-0.1, -0.05) is 63.2 Å². The summed E-state index contributed by atoms with van der Waals surface area (Å²) in [4.78, 5) is 21.0. The molecule has 0 amide bonds. The summed E-state index contributed by atoms with van der Waals surface area (Å²) in [5.41, 5.74) is -0.0750. The fourth-order valence-electron chi connectivity index (χ4n) is 1.83. The first-order valence-electron chi connectivity index (χ1n) is 6.75. The smallest absolute Gasteiger partial charge is 0.335 e. The first-order chi connectivity index (χ1) is 10.2. The van der Waals surface area contributed by atoms with E-state index in [2.05, 4.69) is 0 Å². The average Bonchev–Trinajstić information content (AvgIpc) is 2.48. The van der Waals surface area contributed by atoms with Gasteiger partial charge in [-0.2, -0.15) is 0 Å². The largest absolute Gasteiger partial charge is 0.478 e. The van der Waals surface area contributed by atoms with Gasteiger partial charge in [0.15, 0.2) is 0 Å². The maximum absolute atomic E-state index is 10.9. The first-order valence-corrected chi connectivity index (χ1v) is 6.75. The molecular weight excluding hydrogens is 282 g/mol. The number of nitro groups is 1. The van der Waals surface area contributed by atoms with Gasteiger partial charge in [-0.25, -0.2) is 4.79 Å². The van der Waals surface area contributed by atoms with Crippen molar-refractivity contribution in [2.45, 2.75) is 26.2 Å². The number of carbonyl (C=O) groups is 1. The van der Waals surface area contributed by atoms with Crippen LogP contribution in [0.1, 0.15) is 36.7 Å². The second kappa shape index (κ2) is 7.36. The van der Waals surface area contributed by atoms with E-state index in [-0.39, 0.29) is 16.7 Å². The third kappa shape index (κ3) is 5.01. The molecule has 0 atom stereocenters. The summed E-state index contributed by atoms with van der Waals surface area (Å²) in [6, 6.07) is 16.0. The molecule has 0 fully saturated rings. The summed E-state index contributed by atoms with van der Waals surface area (Å²) < 4.78 is 0. The third-order valence-electron chi connectivity index (χ3n) is 2.92. The summed E-state index contributed by atoms with van der Waals surface area (Å²) in [6.07, 6.45) is 0. The fraction of sp³-hybridized carbons (Fsp3) is 0.235. The molecule has 116 valence electrons. The second-order valence-electron chi connectivity index (χ2n) is 5.70. The van der Waals surface area contributed by atoms with Crippen LogP contribution in [0.25, 0.3) is 0 Å². The molecule has 0 saturated heterocycles. The molecule has 0 aromatic heterocycles. The Morgan fingerprint density at radius 2 is 1.50 bits per heavy atom. The van der Waals surface area contributed by atoms with E-state index in [0.29, 0.717) is 5.56 Å². The Balaban J connectivity index is 0.000000335. The predicted octanol–water partition coefficient (Wildman–Crippen LogP) is 4.28. The van der Waals surface area contributed by atoms with Gasteiger partial charge in [0.2, 0.25) is 0 Å². The molecule has 0 aliphatic heterocycles. The number of rotatable bonds is 2. The lowest BCUT2D eigenvalue weighted by Crippen LogP contribution is -2.14. The van der Waals surface area contributed by atoms with Gasteiger partial charge in [0.1, 0.15) is 0 Å². The minimum Gasteiger partial charge on any atom is -0.478 e. The number of aromatic carboxylic acids is 1. The highest BCUT2D eigenvalue weighted by Gasteiger charge is 2.25. The molecule has 1 N–H and O–H groups in total. The van der Waals surface area contributed by atoms with E-state index in [1.165, 1.54) is 12.1 Å². The van der Waals surface area contributed by atoms with Crippen molar-refractivity contribution in [3.8, 4) is 0 Å². The molecule has 5 nitrogen and oxygen atoms in total. The molecule has 2 aromatic rings. The maximum Gasteiger partial charge on any atom is 0.335 e. The number of carboxylic acids is 1. The average molecular weight is 301 g/mol. The van der Waals surface area contributed by atoms with E-state index < -0.39 is 10.9 Å². The monoisotopic (exact) mass is 301 g/mol. The second-order valence-corrected chi connectivity index (χ2v) is 5.70. The van der Waals surface area contributed by atoms with Gasteiger partial charge in [0, 0.05) is 11.6 Å². The van der Waals surface area contributed by atoms with Crippen LogP contribution in [-0.2, 0) is 5.41 Å². The quantitative estimate of drug-likeness (QED) is 0.663. The highest BCUT2D eigenvalue weighted by Crippen LogP contribution is 2.31. The van der Waals surface area contributed by atoms with Crippen molar-refractivity contribution in [3.63, 3.8) is 0 Å². The standard InChI is InChI=1S/C11H13NO4.C6H6/c1-11(2,3)8-5-4-7(10(13)14)6-9(8)12(15)16;1-2-4-6-5-3-1/h4-6H,1-3H3,(H,13,14);1-6H. The first kappa shape index (κ1) is 17.4. The minimum atomic E-state index is -1.16. The lowest BCUT2D eigenvalue weighted by atomic mass is 9.85. The summed E-state index contributed by atoms with van der Waals surface area (Å²) >= 11 is 0. The zero-order valence-electron chi connectivity index (χ0n) is 12.8. The van der Waals surface area contributed by atoms with Gasteiger partial charge < -0.3 is 5.11 Å². The number of hydrogen-bond donors (Lipinski definition) is 1. The Labute approximate surface area is 129 Å². The Morgan fingerprint density at radius 1 is 1.05 bits per heavy atom. The van der Waals surface area contributed by atoms with Crippen molar-refractivity contribution in [1.82, 2.24) is 0 Å². The van der Waals surface area contributed by atoms with E-state index in [1.807, 2.05) is 57.2 Å². The van der Waals surface area contributed by atoms with Gasteiger partial charge in [-0.05, 0) is 11.5 Å². The molecule has 0 unspecified atom stereocenters. The van der Waals surface area contributed by atoms with Crippen LogP contribution < -0.4 is 0 Å². The predicted molar refractivity (Wildman–Crippen MR) is 85.2 cm³/mol. The van der Waals surface area contributed by atoms with Crippen LogP contribution in [0.2, 0.25) is 0 Å². The van der Waals surface area contributed by atoms with Crippen LogP contribution >= 0.6 is 0 Å². The molecule has 0 radical (unpaired) electrons.